The first kappa shape index (κ1) is 22.6. The molecule has 1 heterocycles. The Morgan fingerprint density at radius 2 is 2.04 bits per heavy atom. The average Bonchev–Trinajstić information content (AvgIpc) is 2.57. The summed E-state index contributed by atoms with van der Waals surface area (Å²) >= 11 is 3.31. The third-order valence-corrected chi connectivity index (χ3v) is 4.38. The molecule has 142 valence electrons. The van der Waals surface area contributed by atoms with E-state index in [0.29, 0.717) is 12.6 Å². The number of hydrogen-bond acceptors (Lipinski definition) is 3. The number of rotatable bonds is 6. The zero-order chi connectivity index (χ0) is 17.4. The molecule has 5 nitrogen and oxygen atoms in total. The number of hydrogen-bond donors (Lipinski definition) is 2. The minimum atomic E-state index is -0.256. The van der Waals surface area contributed by atoms with Gasteiger partial charge in [0.25, 0.3) is 0 Å². The van der Waals surface area contributed by atoms with Crippen molar-refractivity contribution in [3.05, 3.63) is 34.1 Å². The fourth-order valence-corrected chi connectivity index (χ4v) is 3.12. The Balaban J connectivity index is 0.00000312. The monoisotopic (exact) mass is 528 g/mol. The van der Waals surface area contributed by atoms with Crippen LogP contribution in [0.5, 0.6) is 0 Å². The fraction of sp³-hybridized carbons (Fsp3) is 0.588. The summed E-state index contributed by atoms with van der Waals surface area (Å²) in [5.74, 6) is 0.492. The molecule has 2 rings (SSSR count). The minimum absolute atomic E-state index is 0. The van der Waals surface area contributed by atoms with Crippen molar-refractivity contribution >= 4 is 45.9 Å². The van der Waals surface area contributed by atoms with Crippen LogP contribution in [-0.2, 0) is 11.3 Å². The van der Waals surface area contributed by atoms with Gasteiger partial charge in [0.2, 0.25) is 0 Å². The summed E-state index contributed by atoms with van der Waals surface area (Å²) in [6.07, 6.45) is 0. The zero-order valence-corrected chi connectivity index (χ0v) is 18.6. The summed E-state index contributed by atoms with van der Waals surface area (Å²) < 4.78 is 19.6. The van der Waals surface area contributed by atoms with E-state index in [9.17, 15) is 4.39 Å². The van der Waals surface area contributed by atoms with E-state index in [1.807, 2.05) is 13.0 Å². The second-order valence-electron chi connectivity index (χ2n) is 5.85. The molecular weight excluding hydrogens is 502 g/mol. The largest absolute Gasteiger partial charge is 0.379 e. The fourth-order valence-electron chi connectivity index (χ4n) is 2.61. The van der Waals surface area contributed by atoms with E-state index in [4.69, 9.17) is 4.74 Å². The maximum absolute atomic E-state index is 13.4. The van der Waals surface area contributed by atoms with Gasteiger partial charge in [-0.25, -0.2) is 9.38 Å². The lowest BCUT2D eigenvalue weighted by molar-refractivity contribution is 0.0211. The average molecular weight is 529 g/mol. The second-order valence-corrected chi connectivity index (χ2v) is 6.77. The third kappa shape index (κ3) is 8.19. The Morgan fingerprint density at radius 1 is 1.32 bits per heavy atom. The van der Waals surface area contributed by atoms with Crippen LogP contribution in [0, 0.1) is 5.82 Å². The van der Waals surface area contributed by atoms with Crippen molar-refractivity contribution in [1.29, 1.82) is 0 Å². The Hall–Kier alpha value is -0.450. The Labute approximate surface area is 174 Å². The molecule has 1 aromatic carbocycles. The van der Waals surface area contributed by atoms with E-state index in [2.05, 4.69) is 43.4 Å². The molecule has 0 aliphatic carbocycles. The normalized spacial score (nSPS) is 16.9. The quantitative estimate of drug-likeness (QED) is 0.338. The van der Waals surface area contributed by atoms with Crippen LogP contribution in [0.3, 0.4) is 0 Å². The SMILES string of the molecule is CCNC(=NCc1cc(F)cc(Br)c1)NCC(C)N1CCOCC1.I. The van der Waals surface area contributed by atoms with Gasteiger partial charge in [0.15, 0.2) is 5.96 Å². The van der Waals surface area contributed by atoms with Crippen LogP contribution in [0.25, 0.3) is 0 Å². The topological polar surface area (TPSA) is 48.9 Å². The molecule has 1 unspecified atom stereocenters. The number of ether oxygens (including phenoxy) is 1. The highest BCUT2D eigenvalue weighted by Crippen LogP contribution is 2.15. The van der Waals surface area contributed by atoms with Gasteiger partial charge in [-0.05, 0) is 37.6 Å². The number of nitrogens with zero attached hydrogens (tertiary/aromatic N) is 2. The number of benzene rings is 1. The van der Waals surface area contributed by atoms with Crippen LogP contribution in [0.15, 0.2) is 27.7 Å². The van der Waals surface area contributed by atoms with E-state index in [1.165, 1.54) is 12.1 Å². The molecule has 0 bridgehead atoms. The summed E-state index contributed by atoms with van der Waals surface area (Å²) in [7, 11) is 0. The predicted octanol–water partition coefficient (Wildman–Crippen LogP) is 2.98. The molecule has 0 amide bonds. The van der Waals surface area contributed by atoms with Crippen LogP contribution in [0.4, 0.5) is 4.39 Å². The Bertz CT molecular complexity index is 535. The Morgan fingerprint density at radius 3 is 2.68 bits per heavy atom. The van der Waals surface area contributed by atoms with E-state index in [-0.39, 0.29) is 29.8 Å². The van der Waals surface area contributed by atoms with Gasteiger partial charge in [-0.1, -0.05) is 15.9 Å². The number of aliphatic imine (C=N–C) groups is 1. The van der Waals surface area contributed by atoms with Crippen LogP contribution in [0.1, 0.15) is 19.4 Å². The van der Waals surface area contributed by atoms with Gasteiger partial charge >= 0.3 is 0 Å². The molecular formula is C17H27BrFIN4O. The summed E-state index contributed by atoms with van der Waals surface area (Å²) in [6.45, 7) is 9.77. The van der Waals surface area contributed by atoms with Crippen molar-refractivity contribution in [1.82, 2.24) is 15.5 Å². The van der Waals surface area contributed by atoms with Gasteiger partial charge in [0.1, 0.15) is 5.82 Å². The lowest BCUT2D eigenvalue weighted by Gasteiger charge is -2.32. The lowest BCUT2D eigenvalue weighted by atomic mass is 10.2. The maximum Gasteiger partial charge on any atom is 0.191 e. The van der Waals surface area contributed by atoms with Crippen molar-refractivity contribution in [3.8, 4) is 0 Å². The van der Waals surface area contributed by atoms with Crippen LogP contribution >= 0.6 is 39.9 Å². The number of guanidine groups is 1. The highest BCUT2D eigenvalue weighted by atomic mass is 127. The molecule has 1 aromatic rings. The van der Waals surface area contributed by atoms with Gasteiger partial charge in [0, 0.05) is 36.7 Å². The van der Waals surface area contributed by atoms with Crippen LogP contribution < -0.4 is 10.6 Å². The molecule has 2 N–H and O–H groups in total. The van der Waals surface area contributed by atoms with Gasteiger partial charge in [-0.15, -0.1) is 24.0 Å². The first-order valence-electron chi connectivity index (χ1n) is 8.37. The van der Waals surface area contributed by atoms with Crippen molar-refractivity contribution in [2.24, 2.45) is 4.99 Å². The van der Waals surface area contributed by atoms with E-state index >= 15 is 0 Å². The van der Waals surface area contributed by atoms with Gasteiger partial charge in [-0.2, -0.15) is 0 Å². The highest BCUT2D eigenvalue weighted by Gasteiger charge is 2.16. The smallest absolute Gasteiger partial charge is 0.191 e. The molecule has 0 radical (unpaired) electrons. The molecule has 1 fully saturated rings. The zero-order valence-electron chi connectivity index (χ0n) is 14.7. The van der Waals surface area contributed by atoms with Crippen LogP contribution in [-0.4, -0.2) is 56.3 Å². The minimum Gasteiger partial charge on any atom is -0.379 e. The van der Waals surface area contributed by atoms with Crippen molar-refractivity contribution in [2.45, 2.75) is 26.4 Å². The summed E-state index contributed by atoms with van der Waals surface area (Å²) in [5.41, 5.74) is 0.834. The number of morpholine rings is 1. The van der Waals surface area contributed by atoms with Crippen molar-refractivity contribution < 1.29 is 9.13 Å². The summed E-state index contributed by atoms with van der Waals surface area (Å²) in [6, 6.07) is 5.24. The molecule has 1 saturated heterocycles. The molecule has 1 atom stereocenters. The number of halogens is 3. The third-order valence-electron chi connectivity index (χ3n) is 3.92. The molecule has 1 aliphatic rings. The Kier molecular flexibility index (Phi) is 10.9. The molecule has 1 aliphatic heterocycles. The first-order valence-corrected chi connectivity index (χ1v) is 9.16. The molecule has 0 saturated carbocycles. The van der Waals surface area contributed by atoms with Crippen LogP contribution in [0.2, 0.25) is 0 Å². The molecule has 25 heavy (non-hydrogen) atoms. The van der Waals surface area contributed by atoms with Gasteiger partial charge in [0.05, 0.1) is 19.8 Å². The molecule has 8 heteroatoms. The van der Waals surface area contributed by atoms with Gasteiger partial charge < -0.3 is 15.4 Å². The number of nitrogens with one attached hydrogen (secondary N) is 2. The maximum atomic E-state index is 13.4. The first-order chi connectivity index (χ1) is 11.6. The lowest BCUT2D eigenvalue weighted by Crippen LogP contribution is -2.49. The highest BCUT2D eigenvalue weighted by molar-refractivity contribution is 14.0. The summed E-state index contributed by atoms with van der Waals surface area (Å²) in [5, 5.41) is 6.60. The van der Waals surface area contributed by atoms with Crippen molar-refractivity contribution in [2.75, 3.05) is 39.4 Å². The van der Waals surface area contributed by atoms with E-state index in [0.717, 1.165) is 55.4 Å². The standard InChI is InChI=1S/C17H26BrFN4O.HI/c1-3-20-17(21-11-13(2)23-4-6-24-7-5-23)22-12-14-8-15(18)10-16(19)9-14;/h8-10,13H,3-7,11-12H2,1-2H3,(H2,20,21,22);1H. The van der Waals surface area contributed by atoms with Crippen molar-refractivity contribution in [3.63, 3.8) is 0 Å². The van der Waals surface area contributed by atoms with Gasteiger partial charge in [-0.3, -0.25) is 4.90 Å². The molecule has 0 spiro atoms. The van der Waals surface area contributed by atoms with E-state index in [1.54, 1.807) is 0 Å². The second kappa shape index (κ2) is 12.0. The molecule has 0 aromatic heterocycles. The predicted molar refractivity (Wildman–Crippen MR) is 114 cm³/mol. The summed E-state index contributed by atoms with van der Waals surface area (Å²) in [4.78, 5) is 6.95. The van der Waals surface area contributed by atoms with E-state index < -0.39 is 0 Å².